The fourth-order valence-corrected chi connectivity index (χ4v) is 1.90. The molecule has 0 saturated heterocycles. The molecular weight excluding hydrogens is 388 g/mol. The molecule has 0 radical (unpaired) electrons. The number of hydrogen-bond donors (Lipinski definition) is 0. The summed E-state index contributed by atoms with van der Waals surface area (Å²) < 4.78 is 0. The molecule has 0 fully saturated rings. The molecule has 1 rings (SSSR count). The van der Waals surface area contributed by atoms with Crippen LogP contribution < -0.4 is 5.30 Å². The van der Waals surface area contributed by atoms with Crippen LogP contribution in [0.5, 0.6) is 0 Å². The monoisotopic (exact) mass is 396 g/mol. The Kier molecular flexibility index (Phi) is 9.96. The predicted molar refractivity (Wildman–Crippen MR) is 72.1 cm³/mol. The minimum Gasteiger partial charge on any atom is -0.0702 e. The molecule has 0 aromatic heterocycles. The van der Waals surface area contributed by atoms with Gasteiger partial charge in [0.05, 0.1) is 0 Å². The van der Waals surface area contributed by atoms with E-state index in [2.05, 4.69) is 75.2 Å². The van der Waals surface area contributed by atoms with Crippen molar-refractivity contribution in [2.24, 2.45) is 0 Å². The van der Waals surface area contributed by atoms with Crippen LogP contribution in [0.2, 0.25) is 0 Å². The molecule has 0 aliphatic rings. The van der Waals surface area contributed by atoms with Crippen molar-refractivity contribution < 1.29 is 0 Å². The van der Waals surface area contributed by atoms with Crippen molar-refractivity contribution in [3.8, 4) is 0 Å². The highest BCUT2D eigenvalue weighted by Gasteiger charge is 1.81. The van der Waals surface area contributed by atoms with Gasteiger partial charge >= 0.3 is 0 Å². The maximum Gasteiger partial charge on any atom is -0.0170 e. The van der Waals surface area contributed by atoms with Crippen LogP contribution in [0.4, 0.5) is 0 Å². The van der Waals surface area contributed by atoms with Gasteiger partial charge in [-0.3, -0.25) is 0 Å². The van der Waals surface area contributed by atoms with Gasteiger partial charge in [0.25, 0.3) is 0 Å². The van der Waals surface area contributed by atoms with Gasteiger partial charge in [-0.15, -0.1) is 0 Å². The molecule has 0 saturated carbocycles. The van der Waals surface area contributed by atoms with Crippen LogP contribution in [0.1, 0.15) is 0 Å². The topological polar surface area (TPSA) is 0 Å². The van der Waals surface area contributed by atoms with Crippen LogP contribution in [0.25, 0.3) is 0 Å². The second-order valence-corrected chi connectivity index (χ2v) is 3.84. The van der Waals surface area contributed by atoms with E-state index >= 15 is 0 Å². The molecule has 0 spiro atoms. The number of benzene rings is 1. The molecule has 4 heteroatoms. The van der Waals surface area contributed by atoms with Crippen molar-refractivity contribution in [2.75, 3.05) is 0 Å². The first-order chi connectivity index (χ1) is 4.93. The standard InChI is InChI=1S/C6H6IP.H2IP/c7-8-6-4-2-1-3-5-6;1-2/h1-5,8H;2H2. The maximum absolute atomic E-state index is 2.39. The molecule has 0 nitrogen and oxygen atoms in total. The zero-order chi connectivity index (χ0) is 7.82. The third-order valence-electron chi connectivity index (χ3n) is 0.883. The first kappa shape index (κ1) is 11.5. The van der Waals surface area contributed by atoms with Crippen molar-refractivity contribution in [2.45, 2.75) is 0 Å². The molecule has 1 aromatic rings. The summed E-state index contributed by atoms with van der Waals surface area (Å²) in [6.45, 7) is 2.39. The Balaban J connectivity index is 0.000000371. The van der Waals surface area contributed by atoms with Crippen molar-refractivity contribution in [1.29, 1.82) is 0 Å². The zero-order valence-corrected chi connectivity index (χ0v) is 11.7. The molecule has 0 heterocycles. The molecule has 0 aliphatic heterocycles. The van der Waals surface area contributed by atoms with Gasteiger partial charge in [-0.1, -0.05) is 81.3 Å². The van der Waals surface area contributed by atoms with E-state index in [4.69, 9.17) is 0 Å². The summed E-state index contributed by atoms with van der Waals surface area (Å²) in [6, 6.07) is 10.5. The molecule has 2 atom stereocenters. The summed E-state index contributed by atoms with van der Waals surface area (Å²) in [5.74, 6) is 0. The van der Waals surface area contributed by atoms with Gasteiger partial charge in [0.2, 0.25) is 0 Å². The van der Waals surface area contributed by atoms with Crippen LogP contribution in [-0.4, -0.2) is 0 Å². The molecule has 0 N–H and O–H groups in total. The van der Waals surface area contributed by atoms with Gasteiger partial charge in [0.15, 0.2) is 0 Å². The predicted octanol–water partition coefficient (Wildman–Crippen LogP) is 3.55. The summed E-state index contributed by atoms with van der Waals surface area (Å²) in [5.41, 5.74) is 0. The van der Waals surface area contributed by atoms with Crippen LogP contribution in [-0.2, 0) is 0 Å². The molecule has 0 bridgehead atoms. The van der Waals surface area contributed by atoms with Gasteiger partial charge in [0.1, 0.15) is 0 Å². The smallest absolute Gasteiger partial charge is 0.0170 e. The minimum absolute atomic E-state index is 0.900. The Morgan fingerprint density at radius 3 is 1.90 bits per heavy atom. The average Bonchev–Trinajstić information content (AvgIpc) is 2.10. The number of rotatable bonds is 1. The van der Waals surface area contributed by atoms with E-state index in [9.17, 15) is 0 Å². The van der Waals surface area contributed by atoms with Gasteiger partial charge in [-0.25, -0.2) is 0 Å². The molecule has 2 unspecified atom stereocenters. The Morgan fingerprint density at radius 1 is 1.10 bits per heavy atom. The summed E-state index contributed by atoms with van der Waals surface area (Å²) in [5, 5.41) is 1.42. The molecule has 10 heavy (non-hydrogen) atoms. The van der Waals surface area contributed by atoms with Crippen LogP contribution in [0, 0.1) is 0 Å². The van der Waals surface area contributed by atoms with Crippen molar-refractivity contribution in [1.82, 2.24) is 0 Å². The molecular formula is C6H8I2P2. The highest BCUT2D eigenvalue weighted by Crippen LogP contribution is 2.18. The number of halogens is 2. The zero-order valence-electron chi connectivity index (χ0n) is 5.22. The SMILES string of the molecule is IPc1ccccc1.PI. The van der Waals surface area contributed by atoms with E-state index in [0.717, 1.165) is 6.22 Å². The van der Waals surface area contributed by atoms with Gasteiger partial charge < -0.3 is 0 Å². The third kappa shape index (κ3) is 5.22. The van der Waals surface area contributed by atoms with Crippen molar-refractivity contribution in [3.05, 3.63) is 30.3 Å². The first-order valence-electron chi connectivity index (χ1n) is 2.57. The second-order valence-electron chi connectivity index (χ2n) is 1.46. The lowest BCUT2D eigenvalue weighted by atomic mass is 10.4. The van der Waals surface area contributed by atoms with Gasteiger partial charge in [-0.05, 0) is 11.5 Å². The van der Waals surface area contributed by atoms with Crippen molar-refractivity contribution >= 4 is 62.5 Å². The lowest BCUT2D eigenvalue weighted by molar-refractivity contribution is 1.78. The van der Waals surface area contributed by atoms with E-state index in [1.165, 1.54) is 5.30 Å². The third-order valence-corrected chi connectivity index (χ3v) is 3.30. The summed E-state index contributed by atoms with van der Waals surface area (Å²) in [7, 11) is 0. The average molecular weight is 396 g/mol. The lowest BCUT2D eigenvalue weighted by Crippen LogP contribution is -1.85. The van der Waals surface area contributed by atoms with Crippen LogP contribution >= 0.6 is 57.2 Å². The lowest BCUT2D eigenvalue weighted by Gasteiger charge is -1.88. The van der Waals surface area contributed by atoms with Gasteiger partial charge in [-0.2, -0.15) is 0 Å². The van der Waals surface area contributed by atoms with Gasteiger partial charge in [0, 0.05) is 0 Å². The second kappa shape index (κ2) is 8.63. The van der Waals surface area contributed by atoms with E-state index in [1.54, 1.807) is 0 Å². The van der Waals surface area contributed by atoms with Crippen LogP contribution in [0.3, 0.4) is 0 Å². The van der Waals surface area contributed by atoms with Crippen LogP contribution in [0.15, 0.2) is 30.3 Å². The fraction of sp³-hybridized carbons (Fsp3) is 0. The molecule has 0 amide bonds. The van der Waals surface area contributed by atoms with Crippen molar-refractivity contribution in [3.63, 3.8) is 0 Å². The molecule has 56 valence electrons. The molecule has 1 aromatic carbocycles. The summed E-state index contributed by atoms with van der Waals surface area (Å²) in [4.78, 5) is 0. The summed E-state index contributed by atoms with van der Waals surface area (Å²) >= 11 is 4.45. The Bertz CT molecular complexity index is 155. The van der Waals surface area contributed by atoms with E-state index in [0.29, 0.717) is 0 Å². The van der Waals surface area contributed by atoms with E-state index < -0.39 is 0 Å². The molecule has 0 aliphatic carbocycles. The Morgan fingerprint density at radius 2 is 1.60 bits per heavy atom. The fourth-order valence-electron chi connectivity index (χ4n) is 0.501. The normalized spacial score (nSPS) is 9.10. The number of hydrogen-bond acceptors (Lipinski definition) is 0. The largest absolute Gasteiger partial charge is 0.0702 e. The van der Waals surface area contributed by atoms with E-state index in [1.807, 2.05) is 6.07 Å². The van der Waals surface area contributed by atoms with E-state index in [-0.39, 0.29) is 0 Å². The summed E-state index contributed by atoms with van der Waals surface area (Å²) in [6.07, 6.45) is 0.900. The maximum atomic E-state index is 2.39. The highest BCUT2D eigenvalue weighted by molar-refractivity contribution is 14.2. The highest BCUT2D eigenvalue weighted by atomic mass is 127. The Hall–Kier alpha value is 1.54. The first-order valence-corrected chi connectivity index (χ1v) is 10.9. The minimum atomic E-state index is 0.900. The quantitative estimate of drug-likeness (QED) is 0.504. The Labute approximate surface area is 91.9 Å².